The number of hydrogen-bond acceptors (Lipinski definition) is 4. The molecular weight excluding hydrogens is 385 g/mol. The molecule has 8 heteroatoms. The van der Waals surface area contributed by atoms with Gasteiger partial charge in [-0.1, -0.05) is 42.2 Å². The minimum Gasteiger partial charge on any atom is -0.384 e. The number of amidine groups is 1. The number of benzene rings is 2. The topological polar surface area (TPSA) is 108 Å². The molecule has 0 saturated carbocycles. The van der Waals surface area contributed by atoms with E-state index in [1.54, 1.807) is 30.3 Å². The van der Waals surface area contributed by atoms with Crippen molar-refractivity contribution in [2.75, 3.05) is 13.7 Å². The van der Waals surface area contributed by atoms with Crippen molar-refractivity contribution >= 4 is 24.1 Å². The minimum atomic E-state index is -1.19. The molecule has 2 aromatic rings. The van der Waals surface area contributed by atoms with Crippen LogP contribution in [-0.2, 0) is 16.1 Å². The summed E-state index contributed by atoms with van der Waals surface area (Å²) >= 11 is 0. The Labute approximate surface area is 168 Å². The smallest absolute Gasteiger partial charge is 0.254 e. The molecule has 0 aromatic heterocycles. The number of rotatable bonds is 6. The minimum absolute atomic E-state index is 0. The van der Waals surface area contributed by atoms with Gasteiger partial charge >= 0.3 is 0 Å². The van der Waals surface area contributed by atoms with Crippen molar-refractivity contribution in [1.82, 2.24) is 5.32 Å². The van der Waals surface area contributed by atoms with Crippen LogP contribution in [0.2, 0.25) is 0 Å². The monoisotopic (exact) mass is 405 g/mol. The third kappa shape index (κ3) is 5.79. The molecule has 5 N–H and O–H groups in total. The molecule has 0 bridgehead atoms. The number of nitrogen functional groups attached to an aromatic ring is 1. The molecule has 0 spiro atoms. The Morgan fingerprint density at radius 2 is 2.00 bits per heavy atom. The highest BCUT2D eigenvalue weighted by Crippen LogP contribution is 2.24. The first-order valence-corrected chi connectivity index (χ1v) is 8.10. The first kappa shape index (κ1) is 23.1. The lowest BCUT2D eigenvalue weighted by atomic mass is 10.0. The number of carbonyl (C=O) groups excluding carboxylic acids is 1. The molecule has 0 saturated heterocycles. The largest absolute Gasteiger partial charge is 0.384 e. The number of methoxy groups -OCH3 is 1. The van der Waals surface area contributed by atoms with Gasteiger partial charge < -0.3 is 20.9 Å². The van der Waals surface area contributed by atoms with Gasteiger partial charge in [-0.25, -0.2) is 4.39 Å². The Hall–Kier alpha value is -2.92. The zero-order valence-corrected chi connectivity index (χ0v) is 16.0. The fourth-order valence-electron chi connectivity index (χ4n) is 2.49. The van der Waals surface area contributed by atoms with Crippen LogP contribution in [0.4, 0.5) is 4.39 Å². The molecule has 1 amide bonds. The van der Waals surface area contributed by atoms with Crippen molar-refractivity contribution in [3.05, 3.63) is 70.5 Å². The highest BCUT2D eigenvalue weighted by atomic mass is 35.5. The van der Waals surface area contributed by atoms with E-state index in [2.05, 4.69) is 17.2 Å². The number of halogens is 2. The standard InChI is InChI=1S/C20H20FN3O3.ClH/c1-27-18(17-14(5-3-11-25)4-2-6-16(17)21)20(26)24-12-13-7-9-15(10-8-13)19(22)23;/h2,4,6-10,18,25H,11-12H2,1H3,(H3,22,23)(H,24,26);1H/t18-;/m0./s1. The van der Waals surface area contributed by atoms with Crippen molar-refractivity contribution in [2.24, 2.45) is 5.73 Å². The molecule has 2 rings (SSSR count). The van der Waals surface area contributed by atoms with Gasteiger partial charge in [0.15, 0.2) is 6.10 Å². The van der Waals surface area contributed by atoms with E-state index in [0.29, 0.717) is 5.56 Å². The van der Waals surface area contributed by atoms with Gasteiger partial charge in [-0.15, -0.1) is 12.4 Å². The number of carbonyl (C=O) groups is 1. The Kier molecular flexibility index (Phi) is 9.12. The number of aliphatic hydroxyl groups excluding tert-OH is 1. The van der Waals surface area contributed by atoms with Gasteiger partial charge in [0.25, 0.3) is 5.91 Å². The summed E-state index contributed by atoms with van der Waals surface area (Å²) in [6.07, 6.45) is -1.19. The second kappa shape index (κ2) is 11.0. The van der Waals surface area contributed by atoms with E-state index in [9.17, 15) is 9.18 Å². The molecule has 28 heavy (non-hydrogen) atoms. The first-order chi connectivity index (χ1) is 13.0. The summed E-state index contributed by atoms with van der Waals surface area (Å²) < 4.78 is 19.5. The lowest BCUT2D eigenvalue weighted by Gasteiger charge is -2.18. The van der Waals surface area contributed by atoms with Crippen LogP contribution in [-0.4, -0.2) is 30.6 Å². The van der Waals surface area contributed by atoms with E-state index in [-0.39, 0.29) is 42.5 Å². The second-order valence-electron chi connectivity index (χ2n) is 5.61. The summed E-state index contributed by atoms with van der Waals surface area (Å²) in [6, 6.07) is 11.1. The highest BCUT2D eigenvalue weighted by Gasteiger charge is 2.25. The normalized spacial score (nSPS) is 10.8. The molecule has 0 aliphatic rings. The van der Waals surface area contributed by atoms with Crippen LogP contribution in [0, 0.1) is 23.1 Å². The average molecular weight is 406 g/mol. The molecule has 0 unspecified atom stereocenters. The van der Waals surface area contributed by atoms with Crippen LogP contribution in [0.25, 0.3) is 0 Å². The fraction of sp³-hybridized carbons (Fsp3) is 0.200. The zero-order valence-electron chi connectivity index (χ0n) is 15.2. The summed E-state index contributed by atoms with van der Waals surface area (Å²) in [5.74, 6) is 3.90. The second-order valence-corrected chi connectivity index (χ2v) is 5.61. The van der Waals surface area contributed by atoms with E-state index >= 15 is 0 Å². The average Bonchev–Trinajstić information content (AvgIpc) is 2.67. The molecule has 0 radical (unpaired) electrons. The van der Waals surface area contributed by atoms with Crippen molar-refractivity contribution in [2.45, 2.75) is 12.6 Å². The lowest BCUT2D eigenvalue weighted by Crippen LogP contribution is -2.31. The van der Waals surface area contributed by atoms with E-state index in [0.717, 1.165) is 5.56 Å². The predicted octanol–water partition coefficient (Wildman–Crippen LogP) is 1.88. The van der Waals surface area contributed by atoms with E-state index in [4.69, 9.17) is 21.0 Å². The maximum atomic E-state index is 14.3. The van der Waals surface area contributed by atoms with Crippen LogP contribution in [0.1, 0.15) is 28.4 Å². The molecule has 0 fully saturated rings. The van der Waals surface area contributed by atoms with Crippen molar-refractivity contribution < 1.29 is 19.0 Å². The van der Waals surface area contributed by atoms with Gasteiger partial charge in [-0.05, 0) is 17.7 Å². The molecule has 6 nitrogen and oxygen atoms in total. The Morgan fingerprint density at radius 3 is 2.57 bits per heavy atom. The highest BCUT2D eigenvalue weighted by molar-refractivity contribution is 5.94. The van der Waals surface area contributed by atoms with Gasteiger partial charge in [0.2, 0.25) is 0 Å². The summed E-state index contributed by atoms with van der Waals surface area (Å²) in [6.45, 7) is -0.182. The molecule has 1 atom stereocenters. The third-order valence-corrected chi connectivity index (χ3v) is 3.82. The van der Waals surface area contributed by atoms with E-state index in [1.165, 1.54) is 19.2 Å². The third-order valence-electron chi connectivity index (χ3n) is 3.82. The number of hydrogen-bond donors (Lipinski definition) is 4. The zero-order chi connectivity index (χ0) is 19.8. The SMILES string of the molecule is CO[C@H](C(=O)NCc1ccc(C(=N)N)cc1)c1c(F)cccc1C#CCO.Cl. The summed E-state index contributed by atoms with van der Waals surface area (Å²) in [5.41, 5.74) is 7.07. The number of ether oxygens (including phenoxy) is 1. The van der Waals surface area contributed by atoms with Crippen LogP contribution in [0.3, 0.4) is 0 Å². The van der Waals surface area contributed by atoms with Crippen molar-refractivity contribution in [3.8, 4) is 11.8 Å². The molecule has 0 aliphatic carbocycles. The van der Waals surface area contributed by atoms with E-state index < -0.39 is 17.8 Å². The number of amides is 1. The van der Waals surface area contributed by atoms with Gasteiger partial charge in [0.1, 0.15) is 18.3 Å². The Bertz CT molecular complexity index is 892. The van der Waals surface area contributed by atoms with Crippen molar-refractivity contribution in [1.29, 1.82) is 5.41 Å². The summed E-state index contributed by atoms with van der Waals surface area (Å²) in [5, 5.41) is 18.9. The van der Waals surface area contributed by atoms with Crippen LogP contribution in [0.5, 0.6) is 0 Å². The Balaban J connectivity index is 0.00000392. The van der Waals surface area contributed by atoms with Gasteiger partial charge in [0, 0.05) is 30.3 Å². The van der Waals surface area contributed by atoms with Crippen LogP contribution in [0.15, 0.2) is 42.5 Å². The maximum absolute atomic E-state index is 14.3. The van der Waals surface area contributed by atoms with Crippen LogP contribution >= 0.6 is 12.4 Å². The Morgan fingerprint density at radius 1 is 1.32 bits per heavy atom. The van der Waals surface area contributed by atoms with Gasteiger partial charge in [-0.2, -0.15) is 0 Å². The lowest BCUT2D eigenvalue weighted by molar-refractivity contribution is -0.131. The van der Waals surface area contributed by atoms with Gasteiger partial charge in [0.05, 0.1) is 0 Å². The molecular formula is C20H21ClFN3O3. The van der Waals surface area contributed by atoms with Gasteiger partial charge in [-0.3, -0.25) is 10.2 Å². The first-order valence-electron chi connectivity index (χ1n) is 8.10. The number of aliphatic hydroxyl groups is 1. The van der Waals surface area contributed by atoms with Crippen LogP contribution < -0.4 is 11.1 Å². The summed E-state index contributed by atoms with van der Waals surface area (Å²) in [7, 11) is 1.31. The fourth-order valence-corrected chi connectivity index (χ4v) is 2.49. The molecule has 148 valence electrons. The summed E-state index contributed by atoms with van der Waals surface area (Å²) in [4.78, 5) is 12.5. The van der Waals surface area contributed by atoms with Crippen molar-refractivity contribution in [3.63, 3.8) is 0 Å². The number of nitrogens with two attached hydrogens (primary N) is 1. The molecule has 0 heterocycles. The molecule has 2 aromatic carbocycles. The maximum Gasteiger partial charge on any atom is 0.254 e. The van der Waals surface area contributed by atoms with E-state index in [1.807, 2.05) is 0 Å². The number of nitrogens with one attached hydrogen (secondary N) is 2. The quantitative estimate of drug-likeness (QED) is 0.334. The predicted molar refractivity (Wildman–Crippen MR) is 107 cm³/mol. The molecule has 0 aliphatic heterocycles.